The van der Waals surface area contributed by atoms with E-state index in [-0.39, 0.29) is 0 Å². The monoisotopic (exact) mass is 303 g/mol. The van der Waals surface area contributed by atoms with Crippen LogP contribution in [-0.2, 0) is 6.54 Å². The third-order valence-corrected chi connectivity index (χ3v) is 4.33. The third kappa shape index (κ3) is 3.45. The molecule has 0 saturated carbocycles. The zero-order chi connectivity index (χ0) is 15.5. The minimum absolute atomic E-state index is 0.437. The van der Waals surface area contributed by atoms with Gasteiger partial charge < -0.3 is 9.80 Å². The molecule has 1 aliphatic rings. The molecule has 1 N–H and O–H groups in total. The molecule has 4 heteroatoms. The van der Waals surface area contributed by atoms with Crippen LogP contribution in [0.5, 0.6) is 0 Å². The summed E-state index contributed by atoms with van der Waals surface area (Å²) in [4.78, 5) is 3.71. The molecule has 2 aromatic carbocycles. The van der Waals surface area contributed by atoms with Crippen molar-refractivity contribution in [3.05, 3.63) is 65.2 Å². The van der Waals surface area contributed by atoms with Gasteiger partial charge in [-0.25, -0.2) is 8.78 Å². The van der Waals surface area contributed by atoms with Crippen molar-refractivity contribution in [2.45, 2.75) is 13.5 Å². The Hall–Kier alpha value is -1.94. The van der Waals surface area contributed by atoms with Crippen LogP contribution in [0.15, 0.2) is 42.5 Å². The number of quaternary nitrogens is 1. The van der Waals surface area contributed by atoms with Gasteiger partial charge in [0.25, 0.3) is 0 Å². The van der Waals surface area contributed by atoms with Gasteiger partial charge in [0.1, 0.15) is 18.2 Å². The van der Waals surface area contributed by atoms with Crippen molar-refractivity contribution in [3.63, 3.8) is 0 Å². The number of aryl methyl sites for hydroxylation is 1. The molecule has 2 nitrogen and oxygen atoms in total. The van der Waals surface area contributed by atoms with Crippen molar-refractivity contribution >= 4 is 5.69 Å². The maximum Gasteiger partial charge on any atom is 0.134 e. The van der Waals surface area contributed by atoms with E-state index in [1.807, 2.05) is 0 Å². The number of rotatable bonds is 3. The molecule has 0 atom stereocenters. The van der Waals surface area contributed by atoms with Crippen molar-refractivity contribution in [1.82, 2.24) is 0 Å². The van der Waals surface area contributed by atoms with E-state index in [1.165, 1.54) is 22.2 Å². The molecule has 3 rings (SSSR count). The minimum atomic E-state index is -0.513. The van der Waals surface area contributed by atoms with Crippen LogP contribution in [-0.4, -0.2) is 26.2 Å². The van der Waals surface area contributed by atoms with Crippen LogP contribution >= 0.6 is 0 Å². The Kier molecular flexibility index (Phi) is 4.39. The Bertz CT molecular complexity index is 632. The van der Waals surface area contributed by atoms with Crippen molar-refractivity contribution < 1.29 is 13.7 Å². The van der Waals surface area contributed by atoms with Crippen LogP contribution < -0.4 is 9.80 Å². The molecule has 0 aliphatic carbocycles. The summed E-state index contributed by atoms with van der Waals surface area (Å²) in [5.74, 6) is -0.950. The van der Waals surface area contributed by atoms with Gasteiger partial charge in [0.2, 0.25) is 0 Å². The van der Waals surface area contributed by atoms with Gasteiger partial charge in [0, 0.05) is 17.3 Å². The van der Waals surface area contributed by atoms with Crippen molar-refractivity contribution in [1.29, 1.82) is 0 Å². The van der Waals surface area contributed by atoms with Gasteiger partial charge in [-0.3, -0.25) is 0 Å². The fourth-order valence-corrected chi connectivity index (χ4v) is 2.95. The summed E-state index contributed by atoms with van der Waals surface area (Å²) in [7, 11) is 0. The molecule has 1 fully saturated rings. The van der Waals surface area contributed by atoms with Crippen LogP contribution in [0.3, 0.4) is 0 Å². The molecule has 0 amide bonds. The molecule has 0 bridgehead atoms. The molecular formula is C18H21F2N2+. The molecule has 0 spiro atoms. The topological polar surface area (TPSA) is 7.68 Å². The minimum Gasteiger partial charge on any atom is -0.360 e. The first-order valence-electron chi connectivity index (χ1n) is 7.71. The number of halogens is 2. The molecule has 116 valence electrons. The quantitative estimate of drug-likeness (QED) is 0.913. The van der Waals surface area contributed by atoms with Crippen molar-refractivity contribution in [3.8, 4) is 0 Å². The Morgan fingerprint density at radius 3 is 2.32 bits per heavy atom. The average molecular weight is 303 g/mol. The fraction of sp³-hybridized carbons (Fsp3) is 0.333. The lowest BCUT2D eigenvalue weighted by Gasteiger charge is -2.33. The predicted molar refractivity (Wildman–Crippen MR) is 84.2 cm³/mol. The lowest BCUT2D eigenvalue weighted by molar-refractivity contribution is -0.914. The SMILES string of the molecule is Cc1ccc(N2CC[NH+](Cc3ccc(F)cc3F)CC2)cc1. The first kappa shape index (κ1) is 15.0. The summed E-state index contributed by atoms with van der Waals surface area (Å²) in [5.41, 5.74) is 3.11. The van der Waals surface area contributed by atoms with E-state index in [0.717, 1.165) is 32.2 Å². The largest absolute Gasteiger partial charge is 0.360 e. The van der Waals surface area contributed by atoms with E-state index in [0.29, 0.717) is 12.1 Å². The van der Waals surface area contributed by atoms with E-state index < -0.39 is 11.6 Å². The van der Waals surface area contributed by atoms with Gasteiger partial charge in [-0.2, -0.15) is 0 Å². The van der Waals surface area contributed by atoms with Crippen molar-refractivity contribution in [2.75, 3.05) is 31.1 Å². The van der Waals surface area contributed by atoms with Crippen molar-refractivity contribution in [2.24, 2.45) is 0 Å². The molecule has 0 unspecified atom stereocenters. The lowest BCUT2D eigenvalue weighted by Crippen LogP contribution is -3.13. The second kappa shape index (κ2) is 6.44. The molecular weight excluding hydrogens is 282 g/mol. The highest BCUT2D eigenvalue weighted by atomic mass is 19.1. The molecule has 1 aliphatic heterocycles. The van der Waals surface area contributed by atoms with Crippen LogP contribution in [0, 0.1) is 18.6 Å². The van der Waals surface area contributed by atoms with E-state index >= 15 is 0 Å². The summed E-state index contributed by atoms with van der Waals surface area (Å²) in [5, 5.41) is 0. The van der Waals surface area contributed by atoms with Gasteiger partial charge in [-0.1, -0.05) is 17.7 Å². The number of anilines is 1. The summed E-state index contributed by atoms with van der Waals surface area (Å²) >= 11 is 0. The molecule has 0 radical (unpaired) electrons. The highest BCUT2D eigenvalue weighted by molar-refractivity contribution is 5.47. The van der Waals surface area contributed by atoms with E-state index in [1.54, 1.807) is 6.07 Å². The summed E-state index contributed by atoms with van der Waals surface area (Å²) in [6, 6.07) is 12.4. The predicted octanol–water partition coefficient (Wildman–Crippen LogP) is 2.18. The Morgan fingerprint density at radius 2 is 1.68 bits per heavy atom. The van der Waals surface area contributed by atoms with Crippen LogP contribution in [0.25, 0.3) is 0 Å². The number of nitrogens with zero attached hydrogens (tertiary/aromatic N) is 1. The normalized spacial score (nSPS) is 16.0. The van der Waals surface area contributed by atoms with Gasteiger partial charge in [0.05, 0.1) is 26.2 Å². The standard InChI is InChI=1S/C18H20F2N2/c1-14-2-6-17(7-3-14)22-10-8-21(9-11-22)13-15-4-5-16(19)12-18(15)20/h2-7,12H,8-11,13H2,1H3/p+1. The van der Waals surface area contributed by atoms with Gasteiger partial charge >= 0.3 is 0 Å². The maximum atomic E-state index is 13.7. The molecule has 2 aromatic rings. The number of hydrogen-bond donors (Lipinski definition) is 1. The average Bonchev–Trinajstić information content (AvgIpc) is 2.52. The van der Waals surface area contributed by atoms with E-state index in [4.69, 9.17) is 0 Å². The second-order valence-corrected chi connectivity index (χ2v) is 5.99. The summed E-state index contributed by atoms with van der Waals surface area (Å²) in [6.45, 7) is 6.55. The second-order valence-electron chi connectivity index (χ2n) is 5.99. The first-order valence-corrected chi connectivity index (χ1v) is 7.71. The zero-order valence-corrected chi connectivity index (χ0v) is 12.8. The Balaban J connectivity index is 1.58. The summed E-state index contributed by atoms with van der Waals surface area (Å²) in [6.07, 6.45) is 0. The smallest absolute Gasteiger partial charge is 0.134 e. The number of benzene rings is 2. The summed E-state index contributed by atoms with van der Waals surface area (Å²) < 4.78 is 26.7. The fourth-order valence-electron chi connectivity index (χ4n) is 2.95. The van der Waals surface area contributed by atoms with E-state index in [2.05, 4.69) is 36.1 Å². The Morgan fingerprint density at radius 1 is 1.00 bits per heavy atom. The third-order valence-electron chi connectivity index (χ3n) is 4.33. The van der Waals surface area contributed by atoms with Crippen LogP contribution in [0.4, 0.5) is 14.5 Å². The number of nitrogens with one attached hydrogen (secondary N) is 1. The molecule has 0 aromatic heterocycles. The highest BCUT2D eigenvalue weighted by Crippen LogP contribution is 2.15. The molecule has 1 heterocycles. The van der Waals surface area contributed by atoms with Gasteiger partial charge in [-0.15, -0.1) is 0 Å². The van der Waals surface area contributed by atoms with Gasteiger partial charge in [-0.05, 0) is 31.2 Å². The first-order chi connectivity index (χ1) is 10.6. The molecule has 22 heavy (non-hydrogen) atoms. The van der Waals surface area contributed by atoms with Crippen LogP contribution in [0.2, 0.25) is 0 Å². The van der Waals surface area contributed by atoms with Crippen LogP contribution in [0.1, 0.15) is 11.1 Å². The maximum absolute atomic E-state index is 13.7. The zero-order valence-electron chi connectivity index (χ0n) is 12.8. The lowest BCUT2D eigenvalue weighted by atomic mass is 10.1. The number of hydrogen-bond acceptors (Lipinski definition) is 1. The number of piperazine rings is 1. The van der Waals surface area contributed by atoms with E-state index in [9.17, 15) is 8.78 Å². The van der Waals surface area contributed by atoms with Gasteiger partial charge in [0.15, 0.2) is 0 Å². The molecule has 1 saturated heterocycles. The highest BCUT2D eigenvalue weighted by Gasteiger charge is 2.21. The Labute approximate surface area is 130 Å².